The van der Waals surface area contributed by atoms with Crippen molar-refractivity contribution in [2.75, 3.05) is 25.0 Å². The molecule has 5 rings (SSSR count). The molecule has 2 aromatic carbocycles. The monoisotopic (exact) mass is 536 g/mol. The molecular formula is C29H33ClN4O4. The molecule has 0 unspecified atom stereocenters. The van der Waals surface area contributed by atoms with Crippen molar-refractivity contribution in [1.82, 2.24) is 14.7 Å². The van der Waals surface area contributed by atoms with Crippen LogP contribution < -0.4 is 14.8 Å². The van der Waals surface area contributed by atoms with Gasteiger partial charge >= 0.3 is 0 Å². The number of aromatic nitrogens is 2. The fourth-order valence-corrected chi connectivity index (χ4v) is 4.78. The van der Waals surface area contributed by atoms with Gasteiger partial charge in [-0.1, -0.05) is 36.6 Å². The number of para-hydroxylation sites is 2. The van der Waals surface area contributed by atoms with E-state index in [1.54, 1.807) is 23.1 Å². The molecule has 1 N–H and O–H groups in total. The van der Waals surface area contributed by atoms with Crippen LogP contribution in [0.3, 0.4) is 0 Å². The van der Waals surface area contributed by atoms with Crippen molar-refractivity contribution in [1.29, 1.82) is 0 Å². The zero-order valence-electron chi connectivity index (χ0n) is 21.6. The summed E-state index contributed by atoms with van der Waals surface area (Å²) < 4.78 is 14.0. The van der Waals surface area contributed by atoms with Crippen molar-refractivity contribution >= 4 is 29.1 Å². The molecule has 1 aliphatic heterocycles. The third kappa shape index (κ3) is 6.30. The summed E-state index contributed by atoms with van der Waals surface area (Å²) in [5.41, 5.74) is 1.88. The van der Waals surface area contributed by atoms with Gasteiger partial charge in [-0.2, -0.15) is 5.10 Å². The van der Waals surface area contributed by atoms with Gasteiger partial charge in [0.25, 0.3) is 5.91 Å². The van der Waals surface area contributed by atoms with Crippen LogP contribution in [0.15, 0.2) is 48.7 Å². The molecule has 0 bridgehead atoms. The molecule has 0 saturated heterocycles. The number of fused-ring (bicyclic) bond motifs is 2. The number of hydrogen-bond donors (Lipinski definition) is 1. The van der Waals surface area contributed by atoms with Gasteiger partial charge in [-0.05, 0) is 62.9 Å². The Hall–Kier alpha value is -3.52. The van der Waals surface area contributed by atoms with Crippen LogP contribution in [0.4, 0.5) is 5.69 Å². The summed E-state index contributed by atoms with van der Waals surface area (Å²) >= 11 is 6.26. The highest BCUT2D eigenvalue weighted by Crippen LogP contribution is 2.41. The van der Waals surface area contributed by atoms with Gasteiger partial charge < -0.3 is 19.7 Å². The average Bonchev–Trinajstić information content (AvgIpc) is 3.67. The summed E-state index contributed by atoms with van der Waals surface area (Å²) in [5.74, 6) is 1.49. The van der Waals surface area contributed by atoms with Gasteiger partial charge in [0.1, 0.15) is 6.54 Å². The molecule has 3 aromatic rings. The smallest absolute Gasteiger partial charge is 0.257 e. The lowest BCUT2D eigenvalue weighted by Crippen LogP contribution is -2.39. The van der Waals surface area contributed by atoms with Crippen LogP contribution in [0.5, 0.6) is 17.2 Å². The normalized spacial score (nSPS) is 17.0. The molecule has 2 heterocycles. The highest BCUT2D eigenvalue weighted by molar-refractivity contribution is 6.31. The number of nitrogens with zero attached hydrogens (tertiary/aromatic N) is 3. The molecule has 200 valence electrons. The van der Waals surface area contributed by atoms with Gasteiger partial charge in [0.2, 0.25) is 5.91 Å². The quantitative estimate of drug-likeness (QED) is 0.427. The number of aryl methyl sites for hydroxylation is 1. The Morgan fingerprint density at radius 1 is 1.08 bits per heavy atom. The predicted octanol–water partition coefficient (Wildman–Crippen LogP) is 6.26. The van der Waals surface area contributed by atoms with E-state index in [1.807, 2.05) is 42.1 Å². The van der Waals surface area contributed by atoms with E-state index in [1.165, 1.54) is 0 Å². The fraction of sp³-hybridized carbons (Fsp3) is 0.414. The maximum absolute atomic E-state index is 13.7. The molecule has 0 radical (unpaired) electrons. The molecule has 2 aliphatic rings. The summed E-state index contributed by atoms with van der Waals surface area (Å²) in [7, 11) is 0. The zero-order chi connectivity index (χ0) is 26.5. The van der Waals surface area contributed by atoms with Crippen LogP contribution in [0, 0.1) is 0 Å². The molecule has 2 amide bonds. The first-order valence-electron chi connectivity index (χ1n) is 13.4. The van der Waals surface area contributed by atoms with E-state index in [9.17, 15) is 9.59 Å². The number of halogens is 1. The first-order valence-corrected chi connectivity index (χ1v) is 13.8. The SMILES string of the molecule is CCn1cc(C(=O)N2CCCCCCOc3ccccc3Oc3ccc(Cl)cc3NC(=O)C2)c(C2CC2)n1. The highest BCUT2D eigenvalue weighted by atomic mass is 35.5. The van der Waals surface area contributed by atoms with E-state index < -0.39 is 0 Å². The molecule has 0 spiro atoms. The zero-order valence-corrected chi connectivity index (χ0v) is 22.4. The molecule has 8 nitrogen and oxygen atoms in total. The lowest BCUT2D eigenvalue weighted by Gasteiger charge is -2.23. The summed E-state index contributed by atoms with van der Waals surface area (Å²) in [5, 5.41) is 8.02. The van der Waals surface area contributed by atoms with Crippen molar-refractivity contribution in [2.45, 2.75) is 57.9 Å². The second-order valence-electron chi connectivity index (χ2n) is 9.78. The molecule has 1 saturated carbocycles. The summed E-state index contributed by atoms with van der Waals surface area (Å²) in [6.07, 6.45) is 7.47. The Balaban J connectivity index is 1.41. The van der Waals surface area contributed by atoms with Gasteiger partial charge in [0.05, 0.1) is 23.6 Å². The van der Waals surface area contributed by atoms with E-state index in [-0.39, 0.29) is 18.4 Å². The number of hydrogen-bond acceptors (Lipinski definition) is 5. The fourth-order valence-electron chi connectivity index (χ4n) is 4.61. The van der Waals surface area contributed by atoms with Gasteiger partial charge in [0, 0.05) is 30.2 Å². The number of nitrogens with one attached hydrogen (secondary N) is 1. The number of anilines is 1. The van der Waals surface area contributed by atoms with Gasteiger partial charge in [0.15, 0.2) is 17.2 Å². The van der Waals surface area contributed by atoms with Crippen LogP contribution in [-0.2, 0) is 11.3 Å². The number of ether oxygens (including phenoxy) is 2. The van der Waals surface area contributed by atoms with Crippen LogP contribution in [0.1, 0.15) is 67.4 Å². The van der Waals surface area contributed by atoms with Crippen molar-refractivity contribution < 1.29 is 19.1 Å². The summed E-state index contributed by atoms with van der Waals surface area (Å²) in [4.78, 5) is 28.7. The van der Waals surface area contributed by atoms with Crippen LogP contribution in [0.2, 0.25) is 5.02 Å². The van der Waals surface area contributed by atoms with Crippen LogP contribution in [-0.4, -0.2) is 46.2 Å². The Morgan fingerprint density at radius 3 is 2.66 bits per heavy atom. The number of benzene rings is 2. The lowest BCUT2D eigenvalue weighted by molar-refractivity contribution is -0.116. The third-order valence-electron chi connectivity index (χ3n) is 6.80. The van der Waals surface area contributed by atoms with E-state index in [0.29, 0.717) is 59.1 Å². The highest BCUT2D eigenvalue weighted by Gasteiger charge is 2.33. The minimum Gasteiger partial charge on any atom is -0.490 e. The Kier molecular flexibility index (Phi) is 8.17. The molecule has 9 heteroatoms. The Labute approximate surface area is 227 Å². The van der Waals surface area contributed by atoms with Crippen LogP contribution in [0.25, 0.3) is 0 Å². The number of amides is 2. The van der Waals surface area contributed by atoms with Crippen molar-refractivity contribution in [2.24, 2.45) is 0 Å². The second kappa shape index (κ2) is 11.9. The second-order valence-corrected chi connectivity index (χ2v) is 10.2. The minimum absolute atomic E-state index is 0.0775. The standard InChI is InChI=1S/C29H33ClN4O4/c1-2-34-18-22(28(32-34)20-11-12-20)29(36)33-15-7-3-4-8-16-37-25-9-5-6-10-26(25)38-24-14-13-21(30)17-23(24)31-27(35)19-33/h5-6,9-10,13-14,17-18,20H,2-4,7-8,11-12,15-16,19H2,1H3,(H,31,35). The lowest BCUT2D eigenvalue weighted by atomic mass is 10.1. The molecular weight excluding hydrogens is 504 g/mol. The van der Waals surface area contributed by atoms with Crippen molar-refractivity contribution in [3.8, 4) is 17.2 Å². The first kappa shape index (κ1) is 26.1. The summed E-state index contributed by atoms with van der Waals surface area (Å²) in [6.45, 7) is 3.66. The van der Waals surface area contributed by atoms with E-state index in [4.69, 9.17) is 21.1 Å². The predicted molar refractivity (Wildman–Crippen MR) is 146 cm³/mol. The van der Waals surface area contributed by atoms with Gasteiger partial charge in [-0.15, -0.1) is 0 Å². The first-order chi connectivity index (χ1) is 18.5. The topological polar surface area (TPSA) is 85.7 Å². The van der Waals surface area contributed by atoms with E-state index >= 15 is 0 Å². The third-order valence-corrected chi connectivity index (χ3v) is 7.03. The maximum atomic E-state index is 13.7. The van der Waals surface area contributed by atoms with Gasteiger partial charge in [-0.25, -0.2) is 0 Å². The minimum atomic E-state index is -0.321. The van der Waals surface area contributed by atoms with E-state index in [2.05, 4.69) is 10.4 Å². The average molecular weight is 537 g/mol. The number of rotatable bonds is 3. The molecule has 1 aliphatic carbocycles. The molecule has 1 aromatic heterocycles. The van der Waals surface area contributed by atoms with E-state index in [0.717, 1.165) is 44.2 Å². The molecule has 1 fully saturated rings. The van der Waals surface area contributed by atoms with Crippen molar-refractivity contribution in [3.63, 3.8) is 0 Å². The Morgan fingerprint density at radius 2 is 1.87 bits per heavy atom. The number of carbonyl (C=O) groups is 2. The molecule has 0 atom stereocenters. The largest absolute Gasteiger partial charge is 0.490 e. The van der Waals surface area contributed by atoms with Crippen LogP contribution >= 0.6 is 11.6 Å². The number of carbonyl (C=O) groups excluding carboxylic acids is 2. The van der Waals surface area contributed by atoms with Gasteiger partial charge in [-0.3, -0.25) is 14.3 Å². The maximum Gasteiger partial charge on any atom is 0.257 e. The molecule has 38 heavy (non-hydrogen) atoms. The summed E-state index contributed by atoms with van der Waals surface area (Å²) in [6, 6.07) is 12.5. The Bertz CT molecular complexity index is 1300. The van der Waals surface area contributed by atoms with Crippen molar-refractivity contribution in [3.05, 3.63) is 64.9 Å².